The van der Waals surface area contributed by atoms with Crippen LogP contribution in [0.25, 0.3) is 0 Å². The maximum Gasteiger partial charge on any atom is 0.260 e. The molecule has 0 saturated carbocycles. The van der Waals surface area contributed by atoms with Crippen LogP contribution in [0.1, 0.15) is 13.8 Å². The van der Waals surface area contributed by atoms with Gasteiger partial charge in [0.2, 0.25) is 0 Å². The van der Waals surface area contributed by atoms with Crippen LogP contribution in [0.4, 0.5) is 0 Å². The first kappa shape index (κ1) is 13.3. The minimum absolute atomic E-state index is 0.0145. The standard InChI is InChI=1S/C14H19NO2/c1-4-15(10-12(2)3)14(16)11-17-13-8-6-5-7-9-13/h5-9H,2,4,10-11H2,1,3H3. The summed E-state index contributed by atoms with van der Waals surface area (Å²) in [5, 5.41) is 0. The lowest BCUT2D eigenvalue weighted by atomic mass is 10.3. The number of hydrogen-bond acceptors (Lipinski definition) is 2. The van der Waals surface area contributed by atoms with Gasteiger partial charge in [-0.2, -0.15) is 0 Å². The van der Waals surface area contributed by atoms with E-state index in [4.69, 9.17) is 4.74 Å². The fourth-order valence-electron chi connectivity index (χ4n) is 1.46. The van der Waals surface area contributed by atoms with E-state index in [1.54, 1.807) is 4.90 Å². The molecule has 0 atom stereocenters. The molecule has 0 bridgehead atoms. The summed E-state index contributed by atoms with van der Waals surface area (Å²) in [4.78, 5) is 13.6. The van der Waals surface area contributed by atoms with Crippen LogP contribution in [0.15, 0.2) is 42.5 Å². The maximum atomic E-state index is 11.8. The molecule has 3 heteroatoms. The molecule has 0 spiro atoms. The normalized spacial score (nSPS) is 9.76. The highest BCUT2D eigenvalue weighted by Crippen LogP contribution is 2.08. The molecule has 0 N–H and O–H groups in total. The molecule has 1 rings (SSSR count). The van der Waals surface area contributed by atoms with Gasteiger partial charge in [0.05, 0.1) is 0 Å². The van der Waals surface area contributed by atoms with Crippen LogP contribution in [0, 0.1) is 0 Å². The number of nitrogens with zero attached hydrogens (tertiary/aromatic N) is 1. The molecule has 0 aromatic heterocycles. The molecule has 17 heavy (non-hydrogen) atoms. The first-order valence-corrected chi connectivity index (χ1v) is 5.73. The summed E-state index contributed by atoms with van der Waals surface area (Å²) in [6.07, 6.45) is 0. The van der Waals surface area contributed by atoms with Gasteiger partial charge in [0.1, 0.15) is 5.75 Å². The number of rotatable bonds is 6. The van der Waals surface area contributed by atoms with Crippen LogP contribution in [0.5, 0.6) is 5.75 Å². The maximum absolute atomic E-state index is 11.8. The number of likely N-dealkylation sites (N-methyl/N-ethyl adjacent to an activating group) is 1. The predicted molar refractivity (Wildman–Crippen MR) is 69.0 cm³/mol. The number of amides is 1. The van der Waals surface area contributed by atoms with Crippen molar-refractivity contribution in [3.8, 4) is 5.75 Å². The number of carbonyl (C=O) groups excluding carboxylic acids is 1. The van der Waals surface area contributed by atoms with Crippen molar-refractivity contribution in [3.05, 3.63) is 42.5 Å². The van der Waals surface area contributed by atoms with E-state index in [9.17, 15) is 4.79 Å². The van der Waals surface area contributed by atoms with E-state index in [1.165, 1.54) is 0 Å². The van der Waals surface area contributed by atoms with Crippen molar-refractivity contribution in [2.24, 2.45) is 0 Å². The van der Waals surface area contributed by atoms with E-state index in [0.29, 0.717) is 18.8 Å². The minimum Gasteiger partial charge on any atom is -0.484 e. The highest BCUT2D eigenvalue weighted by molar-refractivity contribution is 5.78. The van der Waals surface area contributed by atoms with Crippen LogP contribution < -0.4 is 4.74 Å². The summed E-state index contributed by atoms with van der Waals surface area (Å²) >= 11 is 0. The molecule has 0 aliphatic rings. The van der Waals surface area contributed by atoms with Crippen LogP contribution >= 0.6 is 0 Å². The Morgan fingerprint density at radius 2 is 2.00 bits per heavy atom. The first-order valence-electron chi connectivity index (χ1n) is 5.73. The second-order valence-electron chi connectivity index (χ2n) is 3.97. The molecule has 0 aliphatic carbocycles. The fraction of sp³-hybridized carbons (Fsp3) is 0.357. The van der Waals surface area contributed by atoms with Gasteiger partial charge in [-0.3, -0.25) is 4.79 Å². The zero-order chi connectivity index (χ0) is 12.7. The lowest BCUT2D eigenvalue weighted by molar-refractivity contribution is -0.132. The number of ether oxygens (including phenoxy) is 1. The molecule has 0 saturated heterocycles. The third kappa shape index (κ3) is 4.72. The molecule has 1 aromatic carbocycles. The molecule has 92 valence electrons. The van der Waals surface area contributed by atoms with Crippen molar-refractivity contribution in [2.75, 3.05) is 19.7 Å². The Hall–Kier alpha value is -1.77. The molecule has 0 heterocycles. The van der Waals surface area contributed by atoms with Crippen LogP contribution in [-0.2, 0) is 4.79 Å². The van der Waals surface area contributed by atoms with Gasteiger partial charge in [-0.1, -0.05) is 30.4 Å². The minimum atomic E-state index is -0.0145. The van der Waals surface area contributed by atoms with Gasteiger partial charge in [0.25, 0.3) is 5.91 Å². The zero-order valence-electron chi connectivity index (χ0n) is 10.5. The summed E-state index contributed by atoms with van der Waals surface area (Å²) in [5.41, 5.74) is 0.972. The quantitative estimate of drug-likeness (QED) is 0.706. The molecule has 1 aromatic rings. The predicted octanol–water partition coefficient (Wildman–Crippen LogP) is 2.49. The van der Waals surface area contributed by atoms with Crippen molar-refractivity contribution in [1.82, 2.24) is 4.90 Å². The molecular weight excluding hydrogens is 214 g/mol. The van der Waals surface area contributed by atoms with Crippen molar-refractivity contribution in [3.63, 3.8) is 0 Å². The topological polar surface area (TPSA) is 29.5 Å². The SMILES string of the molecule is C=C(C)CN(CC)C(=O)COc1ccccc1. The molecular formula is C14H19NO2. The Balaban J connectivity index is 2.45. The first-order chi connectivity index (χ1) is 8.13. The fourth-order valence-corrected chi connectivity index (χ4v) is 1.46. The summed E-state index contributed by atoms with van der Waals surface area (Å²) in [6, 6.07) is 9.34. The number of para-hydroxylation sites is 1. The van der Waals surface area contributed by atoms with E-state index in [-0.39, 0.29) is 12.5 Å². The van der Waals surface area contributed by atoms with Crippen molar-refractivity contribution in [1.29, 1.82) is 0 Å². The summed E-state index contributed by atoms with van der Waals surface area (Å²) in [7, 11) is 0. The summed E-state index contributed by atoms with van der Waals surface area (Å²) in [5.74, 6) is 0.701. The van der Waals surface area contributed by atoms with Gasteiger partial charge in [-0.15, -0.1) is 0 Å². The Labute approximate surface area is 103 Å². The third-order valence-corrected chi connectivity index (χ3v) is 2.30. The van der Waals surface area contributed by atoms with Gasteiger partial charge in [0, 0.05) is 13.1 Å². The van der Waals surface area contributed by atoms with Crippen LogP contribution in [-0.4, -0.2) is 30.5 Å². The Kier molecular flexibility index (Phi) is 5.27. The Morgan fingerprint density at radius 1 is 1.35 bits per heavy atom. The third-order valence-electron chi connectivity index (χ3n) is 2.30. The van der Waals surface area contributed by atoms with E-state index in [0.717, 1.165) is 5.57 Å². The van der Waals surface area contributed by atoms with E-state index in [2.05, 4.69) is 6.58 Å². The number of carbonyl (C=O) groups is 1. The van der Waals surface area contributed by atoms with Crippen molar-refractivity contribution in [2.45, 2.75) is 13.8 Å². The molecule has 0 fully saturated rings. The Morgan fingerprint density at radius 3 is 2.53 bits per heavy atom. The molecule has 3 nitrogen and oxygen atoms in total. The molecule has 1 amide bonds. The zero-order valence-corrected chi connectivity index (χ0v) is 10.5. The lowest BCUT2D eigenvalue weighted by Gasteiger charge is -2.20. The van der Waals surface area contributed by atoms with E-state index in [1.807, 2.05) is 44.2 Å². The molecule has 0 unspecified atom stereocenters. The largest absolute Gasteiger partial charge is 0.484 e. The smallest absolute Gasteiger partial charge is 0.260 e. The van der Waals surface area contributed by atoms with Gasteiger partial charge >= 0.3 is 0 Å². The van der Waals surface area contributed by atoms with Crippen molar-refractivity contribution < 1.29 is 9.53 Å². The number of benzene rings is 1. The van der Waals surface area contributed by atoms with Crippen LogP contribution in [0.2, 0.25) is 0 Å². The van der Waals surface area contributed by atoms with Gasteiger partial charge < -0.3 is 9.64 Å². The summed E-state index contributed by atoms with van der Waals surface area (Å²) in [6.45, 7) is 9.00. The average Bonchev–Trinajstić information content (AvgIpc) is 2.34. The van der Waals surface area contributed by atoms with Crippen molar-refractivity contribution >= 4 is 5.91 Å². The van der Waals surface area contributed by atoms with Gasteiger partial charge in [-0.25, -0.2) is 0 Å². The number of hydrogen-bond donors (Lipinski definition) is 0. The van der Waals surface area contributed by atoms with Crippen LogP contribution in [0.3, 0.4) is 0 Å². The average molecular weight is 233 g/mol. The second-order valence-corrected chi connectivity index (χ2v) is 3.97. The molecule has 0 aliphatic heterocycles. The monoisotopic (exact) mass is 233 g/mol. The van der Waals surface area contributed by atoms with Gasteiger partial charge in [0.15, 0.2) is 6.61 Å². The lowest BCUT2D eigenvalue weighted by Crippen LogP contribution is -2.35. The molecule has 0 radical (unpaired) electrons. The van der Waals surface area contributed by atoms with E-state index >= 15 is 0 Å². The summed E-state index contributed by atoms with van der Waals surface area (Å²) < 4.78 is 5.41. The second kappa shape index (κ2) is 6.74. The van der Waals surface area contributed by atoms with E-state index < -0.39 is 0 Å². The van der Waals surface area contributed by atoms with Gasteiger partial charge in [-0.05, 0) is 26.0 Å². The highest BCUT2D eigenvalue weighted by atomic mass is 16.5. The Bertz CT molecular complexity index is 373. The highest BCUT2D eigenvalue weighted by Gasteiger charge is 2.11.